The van der Waals surface area contributed by atoms with Crippen LogP contribution in [0.1, 0.15) is 22.3 Å². The summed E-state index contributed by atoms with van der Waals surface area (Å²) in [5.74, 6) is -1.52. The van der Waals surface area contributed by atoms with Crippen molar-refractivity contribution in [2.45, 2.75) is 25.5 Å². The third kappa shape index (κ3) is 2.53. The van der Waals surface area contributed by atoms with Crippen molar-refractivity contribution in [1.29, 1.82) is 0 Å². The number of phenols is 1. The molecule has 1 aromatic rings. The van der Waals surface area contributed by atoms with Crippen LogP contribution < -0.4 is 0 Å². The Bertz CT molecular complexity index is 528. The van der Waals surface area contributed by atoms with Gasteiger partial charge in [-0.2, -0.15) is 0 Å². The highest BCUT2D eigenvalue weighted by molar-refractivity contribution is 5.98. The van der Waals surface area contributed by atoms with Crippen molar-refractivity contribution >= 4 is 11.9 Å². The van der Waals surface area contributed by atoms with E-state index in [0.29, 0.717) is 11.1 Å². The predicted molar refractivity (Wildman–Crippen MR) is 65.9 cm³/mol. The zero-order chi connectivity index (χ0) is 14.2. The van der Waals surface area contributed by atoms with Gasteiger partial charge in [0.1, 0.15) is 11.8 Å². The van der Waals surface area contributed by atoms with Gasteiger partial charge in [-0.15, -0.1) is 0 Å². The molecule has 1 aliphatic rings. The zero-order valence-electron chi connectivity index (χ0n) is 10.4. The lowest BCUT2D eigenvalue weighted by Crippen LogP contribution is -2.40. The number of aliphatic hydroxyl groups is 1. The average Bonchev–Trinajstić information content (AvgIpc) is 2.70. The Hall–Kier alpha value is -2.08. The Morgan fingerprint density at radius 3 is 2.63 bits per heavy atom. The van der Waals surface area contributed by atoms with Crippen LogP contribution in [-0.4, -0.2) is 50.8 Å². The monoisotopic (exact) mass is 265 g/mol. The van der Waals surface area contributed by atoms with Crippen LogP contribution in [0.15, 0.2) is 18.2 Å². The maximum absolute atomic E-state index is 12.3. The molecule has 0 aromatic heterocycles. The summed E-state index contributed by atoms with van der Waals surface area (Å²) in [5.41, 5.74) is 0.897. The normalized spacial score (nSPS) is 22.5. The molecule has 0 bridgehead atoms. The molecule has 0 saturated carbocycles. The van der Waals surface area contributed by atoms with Crippen molar-refractivity contribution in [3.63, 3.8) is 0 Å². The topological polar surface area (TPSA) is 98.1 Å². The van der Waals surface area contributed by atoms with Gasteiger partial charge < -0.3 is 20.2 Å². The van der Waals surface area contributed by atoms with E-state index in [-0.39, 0.29) is 18.7 Å². The number of carboxylic acids is 1. The Morgan fingerprint density at radius 2 is 2.05 bits per heavy atom. The fourth-order valence-corrected chi connectivity index (χ4v) is 2.31. The highest BCUT2D eigenvalue weighted by Crippen LogP contribution is 2.23. The molecular weight excluding hydrogens is 250 g/mol. The van der Waals surface area contributed by atoms with E-state index in [1.54, 1.807) is 6.92 Å². The van der Waals surface area contributed by atoms with Crippen molar-refractivity contribution in [2.75, 3.05) is 6.54 Å². The summed E-state index contributed by atoms with van der Waals surface area (Å²) in [6.07, 6.45) is -0.777. The third-order valence-corrected chi connectivity index (χ3v) is 3.27. The van der Waals surface area contributed by atoms with Crippen LogP contribution in [0.3, 0.4) is 0 Å². The van der Waals surface area contributed by atoms with Crippen LogP contribution in [0.25, 0.3) is 0 Å². The lowest BCUT2D eigenvalue weighted by molar-refractivity contribution is -0.141. The maximum atomic E-state index is 12.3. The first-order valence-corrected chi connectivity index (χ1v) is 5.91. The number of carbonyl (C=O) groups is 2. The number of rotatable bonds is 2. The number of aromatic hydroxyl groups is 1. The van der Waals surface area contributed by atoms with Gasteiger partial charge in [-0.3, -0.25) is 4.79 Å². The summed E-state index contributed by atoms with van der Waals surface area (Å²) >= 11 is 0. The summed E-state index contributed by atoms with van der Waals surface area (Å²) in [6, 6.07) is 3.27. The molecule has 6 nitrogen and oxygen atoms in total. The smallest absolute Gasteiger partial charge is 0.326 e. The lowest BCUT2D eigenvalue weighted by Gasteiger charge is -2.22. The number of phenolic OH excluding ortho intramolecular Hbond substituents is 1. The van der Waals surface area contributed by atoms with Crippen molar-refractivity contribution in [3.8, 4) is 5.75 Å². The summed E-state index contributed by atoms with van der Waals surface area (Å²) in [5, 5.41) is 27.9. The van der Waals surface area contributed by atoms with Gasteiger partial charge in [0.15, 0.2) is 0 Å². The summed E-state index contributed by atoms with van der Waals surface area (Å²) in [7, 11) is 0. The molecule has 1 fully saturated rings. The first kappa shape index (κ1) is 13.4. The number of aryl methyl sites for hydroxylation is 1. The van der Waals surface area contributed by atoms with Gasteiger partial charge in [0.05, 0.1) is 6.10 Å². The summed E-state index contributed by atoms with van der Waals surface area (Å²) < 4.78 is 0. The van der Waals surface area contributed by atoms with Gasteiger partial charge in [-0.05, 0) is 30.7 Å². The molecule has 1 heterocycles. The molecule has 6 heteroatoms. The first-order chi connectivity index (χ1) is 8.90. The summed E-state index contributed by atoms with van der Waals surface area (Å²) in [4.78, 5) is 24.6. The molecule has 19 heavy (non-hydrogen) atoms. The van der Waals surface area contributed by atoms with E-state index in [9.17, 15) is 19.8 Å². The molecule has 0 unspecified atom stereocenters. The molecule has 0 aliphatic carbocycles. The van der Waals surface area contributed by atoms with Crippen LogP contribution in [0, 0.1) is 6.92 Å². The van der Waals surface area contributed by atoms with Crippen LogP contribution in [0.5, 0.6) is 5.75 Å². The van der Waals surface area contributed by atoms with Gasteiger partial charge in [-0.25, -0.2) is 4.79 Å². The Balaban J connectivity index is 2.30. The van der Waals surface area contributed by atoms with Gasteiger partial charge in [0, 0.05) is 18.5 Å². The molecule has 102 valence electrons. The highest BCUT2D eigenvalue weighted by Gasteiger charge is 2.39. The fourth-order valence-electron chi connectivity index (χ4n) is 2.31. The summed E-state index contributed by atoms with van der Waals surface area (Å²) in [6.45, 7) is 1.67. The predicted octanol–water partition coefficient (Wildman–Crippen LogP) is 0.361. The molecule has 2 rings (SSSR count). The van der Waals surface area contributed by atoms with E-state index >= 15 is 0 Å². The van der Waals surface area contributed by atoms with Gasteiger partial charge in [-0.1, -0.05) is 0 Å². The Morgan fingerprint density at radius 1 is 1.37 bits per heavy atom. The zero-order valence-corrected chi connectivity index (χ0v) is 10.4. The number of aliphatic carboxylic acids is 1. The lowest BCUT2D eigenvalue weighted by atomic mass is 10.1. The number of hydrogen-bond acceptors (Lipinski definition) is 4. The minimum Gasteiger partial charge on any atom is -0.508 e. The number of carboxylic acid groups (broad SMARTS) is 1. The number of hydrogen-bond donors (Lipinski definition) is 3. The molecule has 2 atom stereocenters. The van der Waals surface area contributed by atoms with E-state index in [2.05, 4.69) is 0 Å². The van der Waals surface area contributed by atoms with Crippen molar-refractivity contribution in [1.82, 2.24) is 4.90 Å². The quantitative estimate of drug-likeness (QED) is 0.717. The van der Waals surface area contributed by atoms with Crippen molar-refractivity contribution < 1.29 is 24.9 Å². The van der Waals surface area contributed by atoms with E-state index in [1.807, 2.05) is 0 Å². The molecule has 0 radical (unpaired) electrons. The van der Waals surface area contributed by atoms with Crippen LogP contribution >= 0.6 is 0 Å². The molecule has 1 saturated heterocycles. The van der Waals surface area contributed by atoms with Gasteiger partial charge in [0.2, 0.25) is 0 Å². The second-order valence-corrected chi connectivity index (χ2v) is 4.70. The Labute approximate surface area is 109 Å². The standard InChI is InChI=1S/C13H15NO5/c1-7-4-8(15)2-3-10(7)12(17)14-6-9(16)5-11(14)13(18)19/h2-4,9,11,15-16H,5-6H2,1H3,(H,18,19)/t9-,11-/m0/s1. The molecule has 1 aromatic carbocycles. The molecule has 1 aliphatic heterocycles. The largest absolute Gasteiger partial charge is 0.508 e. The minimum absolute atomic E-state index is 0.0100. The van der Waals surface area contributed by atoms with Crippen molar-refractivity contribution in [2.24, 2.45) is 0 Å². The number of carbonyl (C=O) groups excluding carboxylic acids is 1. The van der Waals surface area contributed by atoms with Crippen LogP contribution in [0.4, 0.5) is 0 Å². The van der Waals surface area contributed by atoms with Crippen LogP contribution in [-0.2, 0) is 4.79 Å². The minimum atomic E-state index is -1.12. The average molecular weight is 265 g/mol. The fraction of sp³-hybridized carbons (Fsp3) is 0.385. The molecule has 1 amide bonds. The van der Waals surface area contributed by atoms with Crippen molar-refractivity contribution in [3.05, 3.63) is 29.3 Å². The number of β-amino-alcohol motifs (C(OH)–C–C–N with tert-alkyl or cyclic N) is 1. The molecule has 0 spiro atoms. The SMILES string of the molecule is Cc1cc(O)ccc1C(=O)N1C[C@@H](O)C[C@H]1C(=O)O. The maximum Gasteiger partial charge on any atom is 0.326 e. The molecule has 3 N–H and O–H groups in total. The number of nitrogens with zero attached hydrogens (tertiary/aromatic N) is 1. The van der Waals surface area contributed by atoms with Crippen LogP contribution in [0.2, 0.25) is 0 Å². The van der Waals surface area contributed by atoms with E-state index in [1.165, 1.54) is 18.2 Å². The van der Waals surface area contributed by atoms with Gasteiger partial charge >= 0.3 is 5.97 Å². The van der Waals surface area contributed by atoms with E-state index < -0.39 is 24.0 Å². The second-order valence-electron chi connectivity index (χ2n) is 4.70. The number of amides is 1. The molecular formula is C13H15NO5. The third-order valence-electron chi connectivity index (χ3n) is 3.27. The highest BCUT2D eigenvalue weighted by atomic mass is 16.4. The second kappa shape index (κ2) is 4.89. The first-order valence-electron chi connectivity index (χ1n) is 5.91. The van der Waals surface area contributed by atoms with E-state index in [4.69, 9.17) is 5.11 Å². The van der Waals surface area contributed by atoms with E-state index in [0.717, 1.165) is 4.90 Å². The number of likely N-dealkylation sites (tertiary alicyclic amines) is 1. The number of aliphatic hydroxyl groups excluding tert-OH is 1. The number of benzene rings is 1. The Kier molecular flexibility index (Phi) is 3.44. The van der Waals surface area contributed by atoms with Gasteiger partial charge in [0.25, 0.3) is 5.91 Å².